The Labute approximate surface area is 97.8 Å². The van der Waals surface area contributed by atoms with E-state index in [1.54, 1.807) is 0 Å². The van der Waals surface area contributed by atoms with Crippen molar-refractivity contribution < 1.29 is 9.47 Å². The van der Waals surface area contributed by atoms with Crippen LogP contribution in [0.1, 0.15) is 20.3 Å². The molecule has 3 heteroatoms. The lowest BCUT2D eigenvalue weighted by molar-refractivity contribution is 0.265. The zero-order valence-electron chi connectivity index (χ0n) is 10.3. The van der Waals surface area contributed by atoms with Gasteiger partial charge >= 0.3 is 0 Å². The van der Waals surface area contributed by atoms with Crippen molar-refractivity contribution in [1.29, 1.82) is 0 Å². The van der Waals surface area contributed by atoms with Crippen molar-refractivity contribution in [2.75, 3.05) is 20.3 Å². The van der Waals surface area contributed by atoms with Crippen molar-refractivity contribution in [3.8, 4) is 11.5 Å². The first kappa shape index (κ1) is 12.8. The normalized spacial score (nSPS) is 12.2. The predicted octanol–water partition coefficient (Wildman–Crippen LogP) is 2.46. The molecule has 0 aliphatic heterocycles. The van der Waals surface area contributed by atoms with E-state index in [2.05, 4.69) is 12.2 Å². The van der Waals surface area contributed by atoms with Crippen LogP contribution in [0.2, 0.25) is 0 Å². The Bertz CT molecular complexity index is 298. The van der Waals surface area contributed by atoms with E-state index >= 15 is 0 Å². The van der Waals surface area contributed by atoms with Gasteiger partial charge in [-0.2, -0.15) is 0 Å². The Hall–Kier alpha value is -1.22. The molecule has 0 spiro atoms. The van der Waals surface area contributed by atoms with Gasteiger partial charge in [-0.25, -0.2) is 0 Å². The van der Waals surface area contributed by atoms with Gasteiger partial charge in [0.05, 0.1) is 6.61 Å². The Morgan fingerprint density at radius 2 is 1.88 bits per heavy atom. The Balaban J connectivity index is 2.49. The van der Waals surface area contributed by atoms with Crippen LogP contribution in [0, 0.1) is 0 Å². The highest BCUT2D eigenvalue weighted by atomic mass is 16.5. The second-order valence-corrected chi connectivity index (χ2v) is 3.61. The van der Waals surface area contributed by atoms with E-state index in [-0.39, 0.29) is 0 Å². The lowest BCUT2D eigenvalue weighted by atomic mass is 10.2. The van der Waals surface area contributed by atoms with Gasteiger partial charge in [0.25, 0.3) is 0 Å². The first-order valence-electron chi connectivity index (χ1n) is 5.83. The molecule has 0 fully saturated rings. The number of nitrogens with one attached hydrogen (secondary N) is 1. The van der Waals surface area contributed by atoms with E-state index in [0.717, 1.165) is 17.9 Å². The van der Waals surface area contributed by atoms with Gasteiger partial charge in [0.2, 0.25) is 0 Å². The maximum Gasteiger partial charge on any atom is 0.123 e. The Morgan fingerprint density at radius 1 is 1.19 bits per heavy atom. The zero-order chi connectivity index (χ0) is 11.8. The lowest BCUT2D eigenvalue weighted by Crippen LogP contribution is -2.30. The molecule has 0 aliphatic carbocycles. The minimum atomic E-state index is 0.399. The summed E-state index contributed by atoms with van der Waals surface area (Å²) < 4.78 is 11.1. The van der Waals surface area contributed by atoms with Crippen molar-refractivity contribution in [2.24, 2.45) is 0 Å². The van der Waals surface area contributed by atoms with E-state index in [0.29, 0.717) is 19.3 Å². The minimum absolute atomic E-state index is 0.399. The third-order valence-corrected chi connectivity index (χ3v) is 2.47. The molecule has 1 N–H and O–H groups in total. The third kappa shape index (κ3) is 4.11. The molecule has 1 aromatic rings. The molecule has 0 bridgehead atoms. The van der Waals surface area contributed by atoms with Crippen LogP contribution >= 0.6 is 0 Å². The number of hydrogen-bond donors (Lipinski definition) is 1. The second-order valence-electron chi connectivity index (χ2n) is 3.61. The molecule has 16 heavy (non-hydrogen) atoms. The van der Waals surface area contributed by atoms with Gasteiger partial charge in [0, 0.05) is 12.1 Å². The highest BCUT2D eigenvalue weighted by Crippen LogP contribution is 2.19. The average molecular weight is 223 g/mol. The van der Waals surface area contributed by atoms with Gasteiger partial charge in [0.1, 0.15) is 18.1 Å². The SMILES string of the molecule is CCOc1cccc(OCC(CC)NC)c1. The standard InChI is InChI=1S/C13H21NO2/c1-4-11(14-3)10-16-13-8-6-7-12(9-13)15-5-2/h6-9,11,14H,4-5,10H2,1-3H3. The summed E-state index contributed by atoms with van der Waals surface area (Å²) in [5, 5.41) is 3.21. The van der Waals surface area contributed by atoms with Crippen molar-refractivity contribution in [3.63, 3.8) is 0 Å². The summed E-state index contributed by atoms with van der Waals surface area (Å²) in [7, 11) is 1.95. The lowest BCUT2D eigenvalue weighted by Gasteiger charge is -2.15. The number of rotatable bonds is 7. The highest BCUT2D eigenvalue weighted by Gasteiger charge is 2.04. The zero-order valence-corrected chi connectivity index (χ0v) is 10.3. The monoisotopic (exact) mass is 223 g/mol. The average Bonchev–Trinajstić information content (AvgIpc) is 2.31. The molecule has 0 saturated carbocycles. The summed E-state index contributed by atoms with van der Waals surface area (Å²) in [5.41, 5.74) is 0. The van der Waals surface area contributed by atoms with Crippen LogP contribution in [0.25, 0.3) is 0 Å². The van der Waals surface area contributed by atoms with E-state index in [9.17, 15) is 0 Å². The molecule has 1 rings (SSSR count). The topological polar surface area (TPSA) is 30.5 Å². The summed E-state index contributed by atoms with van der Waals surface area (Å²) >= 11 is 0. The van der Waals surface area contributed by atoms with Crippen LogP contribution in [0.4, 0.5) is 0 Å². The second kappa shape index (κ2) is 7.12. The van der Waals surface area contributed by atoms with Gasteiger partial charge in [-0.1, -0.05) is 13.0 Å². The third-order valence-electron chi connectivity index (χ3n) is 2.47. The molecule has 0 heterocycles. The fraction of sp³-hybridized carbons (Fsp3) is 0.538. The highest BCUT2D eigenvalue weighted by molar-refractivity contribution is 5.32. The van der Waals surface area contributed by atoms with Crippen LogP contribution in [-0.2, 0) is 0 Å². The van der Waals surface area contributed by atoms with Gasteiger partial charge in [0.15, 0.2) is 0 Å². The summed E-state index contributed by atoms with van der Waals surface area (Å²) in [6.45, 7) is 5.48. The number of hydrogen-bond acceptors (Lipinski definition) is 3. The van der Waals surface area contributed by atoms with E-state index in [1.165, 1.54) is 0 Å². The molecular weight excluding hydrogens is 202 g/mol. The largest absolute Gasteiger partial charge is 0.494 e. The quantitative estimate of drug-likeness (QED) is 0.770. The number of benzene rings is 1. The summed E-state index contributed by atoms with van der Waals surface area (Å²) in [6.07, 6.45) is 1.06. The molecule has 1 aromatic carbocycles. The van der Waals surface area contributed by atoms with E-state index in [1.807, 2.05) is 38.2 Å². The fourth-order valence-electron chi connectivity index (χ4n) is 1.42. The van der Waals surface area contributed by atoms with E-state index < -0.39 is 0 Å². The predicted molar refractivity (Wildman–Crippen MR) is 66.2 cm³/mol. The van der Waals surface area contributed by atoms with Crippen molar-refractivity contribution in [2.45, 2.75) is 26.3 Å². The van der Waals surface area contributed by atoms with Crippen molar-refractivity contribution in [1.82, 2.24) is 5.32 Å². The maximum absolute atomic E-state index is 5.69. The van der Waals surface area contributed by atoms with E-state index in [4.69, 9.17) is 9.47 Å². The molecule has 0 aromatic heterocycles. The summed E-state index contributed by atoms with van der Waals surface area (Å²) in [5.74, 6) is 1.72. The van der Waals surface area contributed by atoms with Crippen LogP contribution in [0.15, 0.2) is 24.3 Å². The first-order valence-corrected chi connectivity index (χ1v) is 5.83. The van der Waals surface area contributed by atoms with Crippen molar-refractivity contribution >= 4 is 0 Å². The Kier molecular flexibility index (Phi) is 5.72. The first-order chi connectivity index (χ1) is 7.80. The molecule has 0 aliphatic rings. The molecule has 3 nitrogen and oxygen atoms in total. The molecular formula is C13H21NO2. The smallest absolute Gasteiger partial charge is 0.123 e. The number of likely N-dealkylation sites (N-methyl/N-ethyl adjacent to an activating group) is 1. The van der Waals surface area contributed by atoms with Gasteiger partial charge in [-0.3, -0.25) is 0 Å². The Morgan fingerprint density at radius 3 is 2.44 bits per heavy atom. The molecule has 0 saturated heterocycles. The summed E-state index contributed by atoms with van der Waals surface area (Å²) in [6, 6.07) is 8.15. The molecule has 1 atom stereocenters. The van der Waals surface area contributed by atoms with Gasteiger partial charge in [-0.05, 0) is 32.5 Å². The molecule has 0 radical (unpaired) electrons. The summed E-state index contributed by atoms with van der Waals surface area (Å²) in [4.78, 5) is 0. The number of ether oxygens (including phenoxy) is 2. The van der Waals surface area contributed by atoms with Gasteiger partial charge < -0.3 is 14.8 Å². The van der Waals surface area contributed by atoms with Crippen LogP contribution in [-0.4, -0.2) is 26.3 Å². The fourth-order valence-corrected chi connectivity index (χ4v) is 1.42. The van der Waals surface area contributed by atoms with Crippen molar-refractivity contribution in [3.05, 3.63) is 24.3 Å². The van der Waals surface area contributed by atoms with Crippen LogP contribution in [0.3, 0.4) is 0 Å². The van der Waals surface area contributed by atoms with Crippen LogP contribution < -0.4 is 14.8 Å². The maximum atomic E-state index is 5.69. The molecule has 1 unspecified atom stereocenters. The molecule has 0 amide bonds. The minimum Gasteiger partial charge on any atom is -0.494 e. The van der Waals surface area contributed by atoms with Gasteiger partial charge in [-0.15, -0.1) is 0 Å². The molecule has 90 valence electrons. The van der Waals surface area contributed by atoms with Crippen LogP contribution in [0.5, 0.6) is 11.5 Å².